The molecule has 0 amide bonds. The molecule has 0 spiro atoms. The molecule has 0 saturated heterocycles. The Hall–Kier alpha value is -1.37. The van der Waals surface area contributed by atoms with Crippen molar-refractivity contribution in [2.45, 2.75) is 79.6 Å². The smallest absolute Gasteiger partial charge is 0.0364 e. The van der Waals surface area contributed by atoms with Gasteiger partial charge in [0.15, 0.2) is 0 Å². The second-order valence-corrected chi connectivity index (χ2v) is 4.92. The quantitative estimate of drug-likeness (QED) is 0.318. The summed E-state index contributed by atoms with van der Waals surface area (Å²) < 4.78 is 0. The number of rotatable bonds is 10. The highest BCUT2D eigenvalue weighted by Crippen LogP contribution is 2.10. The summed E-state index contributed by atoms with van der Waals surface area (Å²) in [5, 5.41) is 0. The molecule has 0 unspecified atom stereocenters. The molecule has 132 valence electrons. The molecule has 1 nitrogen and oxygen atoms in total. The molecule has 0 fully saturated rings. The van der Waals surface area contributed by atoms with E-state index in [0.717, 1.165) is 13.0 Å². The molecule has 0 aliphatic carbocycles. The third kappa shape index (κ3) is 15.3. The molecule has 1 aromatic carbocycles. The van der Waals surface area contributed by atoms with E-state index in [4.69, 9.17) is 0 Å². The first kappa shape index (κ1) is 23.9. The molecule has 0 aliphatic heterocycles. The van der Waals surface area contributed by atoms with Gasteiger partial charge in [-0.3, -0.25) is 4.99 Å². The highest BCUT2D eigenvalue weighted by molar-refractivity contribution is 5.94. The minimum absolute atomic E-state index is 0.873. The molecule has 1 rings (SSSR count). The van der Waals surface area contributed by atoms with E-state index in [2.05, 4.69) is 48.8 Å². The van der Waals surface area contributed by atoms with Crippen molar-refractivity contribution >= 4 is 5.71 Å². The number of benzene rings is 1. The molecule has 23 heavy (non-hydrogen) atoms. The average Bonchev–Trinajstić information content (AvgIpc) is 2.64. The van der Waals surface area contributed by atoms with Gasteiger partial charge in [-0.2, -0.15) is 0 Å². The van der Waals surface area contributed by atoms with Gasteiger partial charge in [0.05, 0.1) is 0 Å². The predicted octanol–water partition coefficient (Wildman–Crippen LogP) is 7.27. The second-order valence-electron chi connectivity index (χ2n) is 4.92. The average molecular weight is 318 g/mol. The lowest BCUT2D eigenvalue weighted by molar-refractivity contribution is 0.622. The summed E-state index contributed by atoms with van der Waals surface area (Å²) in [6.45, 7) is 14.8. The molecule has 0 radical (unpaired) electrons. The number of allylic oxidation sites excluding steroid dienone is 1. The first-order chi connectivity index (χ1) is 11.4. The molecular weight excluding hydrogens is 278 g/mol. The number of hydrogen-bond acceptors (Lipinski definition) is 1. The fourth-order valence-electron chi connectivity index (χ4n) is 2.26. The summed E-state index contributed by atoms with van der Waals surface area (Å²) in [4.78, 5) is 4.41. The molecular formula is C22H39N. The molecule has 0 bridgehead atoms. The maximum atomic E-state index is 4.41. The Bertz CT molecular complexity index is 365. The van der Waals surface area contributed by atoms with Crippen molar-refractivity contribution in [3.63, 3.8) is 0 Å². The van der Waals surface area contributed by atoms with Gasteiger partial charge < -0.3 is 0 Å². The van der Waals surface area contributed by atoms with Gasteiger partial charge in [-0.1, -0.05) is 83.9 Å². The summed E-state index contributed by atoms with van der Waals surface area (Å²) in [7, 11) is 0. The van der Waals surface area contributed by atoms with E-state index in [0.29, 0.717) is 0 Å². The number of unbranched alkanes of at least 4 members (excludes halogenated alkanes) is 4. The van der Waals surface area contributed by atoms with Gasteiger partial charge in [0, 0.05) is 12.3 Å². The van der Waals surface area contributed by atoms with Crippen LogP contribution in [0.4, 0.5) is 0 Å². The van der Waals surface area contributed by atoms with Crippen LogP contribution in [0.25, 0.3) is 0 Å². The van der Waals surface area contributed by atoms with E-state index in [1.807, 2.05) is 33.8 Å². The van der Waals surface area contributed by atoms with Crippen LogP contribution in [0, 0.1) is 0 Å². The van der Waals surface area contributed by atoms with Crippen LogP contribution in [0.1, 0.15) is 78.7 Å². The zero-order valence-electron chi connectivity index (χ0n) is 16.3. The summed E-state index contributed by atoms with van der Waals surface area (Å²) in [6.07, 6.45) is 10.8. The Balaban J connectivity index is 0. The highest BCUT2D eigenvalue weighted by Gasteiger charge is 1.96. The van der Waals surface area contributed by atoms with Crippen molar-refractivity contribution in [1.82, 2.24) is 0 Å². The van der Waals surface area contributed by atoms with Crippen LogP contribution in [-0.2, 0) is 6.42 Å². The van der Waals surface area contributed by atoms with Gasteiger partial charge in [0.2, 0.25) is 0 Å². The van der Waals surface area contributed by atoms with Gasteiger partial charge in [0.1, 0.15) is 0 Å². The minimum Gasteiger partial charge on any atom is -0.290 e. The third-order valence-corrected chi connectivity index (χ3v) is 3.34. The van der Waals surface area contributed by atoms with Crippen molar-refractivity contribution < 1.29 is 0 Å². The molecule has 1 aromatic rings. The van der Waals surface area contributed by atoms with Gasteiger partial charge in [-0.25, -0.2) is 0 Å². The molecule has 0 N–H and O–H groups in total. The van der Waals surface area contributed by atoms with Crippen LogP contribution in [0.5, 0.6) is 0 Å². The topological polar surface area (TPSA) is 12.4 Å². The number of nitrogens with zero attached hydrogens (tertiary/aromatic N) is 1. The van der Waals surface area contributed by atoms with Crippen LogP contribution in [0.2, 0.25) is 0 Å². The Labute approximate surface area is 145 Å². The lowest BCUT2D eigenvalue weighted by Crippen LogP contribution is -1.94. The molecule has 0 heterocycles. The van der Waals surface area contributed by atoms with Crippen molar-refractivity contribution in [1.29, 1.82) is 0 Å². The summed E-state index contributed by atoms with van der Waals surface area (Å²) in [6, 6.07) is 10.8. The van der Waals surface area contributed by atoms with Gasteiger partial charge in [-0.15, -0.1) is 0 Å². The third-order valence-electron chi connectivity index (χ3n) is 3.34. The molecule has 0 atom stereocenters. The minimum atomic E-state index is 0.873. The first-order valence-corrected chi connectivity index (χ1v) is 9.56. The van der Waals surface area contributed by atoms with E-state index >= 15 is 0 Å². The van der Waals surface area contributed by atoms with E-state index in [9.17, 15) is 0 Å². The molecule has 0 aromatic heterocycles. The van der Waals surface area contributed by atoms with Crippen molar-refractivity contribution in [3.8, 4) is 0 Å². The van der Waals surface area contributed by atoms with Crippen LogP contribution < -0.4 is 0 Å². The lowest BCUT2D eigenvalue weighted by atomic mass is 10.0. The van der Waals surface area contributed by atoms with Crippen molar-refractivity contribution in [2.75, 3.05) is 6.54 Å². The Morgan fingerprint density at radius 2 is 1.48 bits per heavy atom. The summed E-state index contributed by atoms with van der Waals surface area (Å²) in [5.41, 5.74) is 2.64. The van der Waals surface area contributed by atoms with Crippen molar-refractivity contribution in [2.24, 2.45) is 4.99 Å². The fraction of sp³-hybridized carbons (Fsp3) is 0.591. The second kappa shape index (κ2) is 20.6. The standard InChI is InChI=1S/C18H27N.2C2H6/c1-3-18(19-4-2)16-12-7-5-6-9-13-17-14-10-8-11-15-17;2*1-2/h3,8,10-11,14-15H,1,4-7,9,12-13,16H2,2H3;2*1-2H3. The zero-order chi connectivity index (χ0) is 17.8. The van der Waals surface area contributed by atoms with E-state index in [-0.39, 0.29) is 0 Å². The van der Waals surface area contributed by atoms with E-state index in [1.54, 1.807) is 0 Å². The van der Waals surface area contributed by atoms with Crippen LogP contribution in [0.15, 0.2) is 48.0 Å². The summed E-state index contributed by atoms with van der Waals surface area (Å²) >= 11 is 0. The maximum Gasteiger partial charge on any atom is 0.0364 e. The Kier molecular flexibility index (Phi) is 21.4. The monoisotopic (exact) mass is 317 g/mol. The summed E-state index contributed by atoms with van der Waals surface area (Å²) in [5.74, 6) is 0. The number of aryl methyl sites for hydroxylation is 1. The van der Waals surface area contributed by atoms with Gasteiger partial charge >= 0.3 is 0 Å². The van der Waals surface area contributed by atoms with Crippen LogP contribution in [-0.4, -0.2) is 12.3 Å². The van der Waals surface area contributed by atoms with E-state index in [1.165, 1.54) is 49.8 Å². The van der Waals surface area contributed by atoms with Crippen molar-refractivity contribution in [3.05, 3.63) is 48.6 Å². The lowest BCUT2D eigenvalue weighted by Gasteiger charge is -2.03. The predicted molar refractivity (Wildman–Crippen MR) is 109 cm³/mol. The maximum absolute atomic E-state index is 4.41. The van der Waals surface area contributed by atoms with Crippen LogP contribution >= 0.6 is 0 Å². The normalized spacial score (nSPS) is 10.0. The molecule has 0 aliphatic rings. The van der Waals surface area contributed by atoms with Gasteiger partial charge in [0.25, 0.3) is 0 Å². The Morgan fingerprint density at radius 1 is 0.913 bits per heavy atom. The first-order valence-electron chi connectivity index (χ1n) is 9.56. The largest absolute Gasteiger partial charge is 0.290 e. The number of aliphatic imine (C=N–C) groups is 1. The Morgan fingerprint density at radius 3 is 2.04 bits per heavy atom. The molecule has 1 heteroatoms. The highest BCUT2D eigenvalue weighted by atomic mass is 14.7. The van der Waals surface area contributed by atoms with Gasteiger partial charge in [-0.05, 0) is 44.2 Å². The number of hydrogen-bond donors (Lipinski definition) is 0. The van der Waals surface area contributed by atoms with Crippen LogP contribution in [0.3, 0.4) is 0 Å². The molecule has 0 saturated carbocycles. The zero-order valence-corrected chi connectivity index (χ0v) is 16.3. The SMILES string of the molecule is C=CC(CCCCCCCc1ccccc1)=NCC.CC.CC. The van der Waals surface area contributed by atoms with E-state index < -0.39 is 0 Å². The fourth-order valence-corrected chi connectivity index (χ4v) is 2.26.